The molecule has 0 atom stereocenters. The zero-order valence-electron chi connectivity index (χ0n) is 53.6. The molecule has 6 aromatic rings. The van der Waals surface area contributed by atoms with Crippen molar-refractivity contribution in [2.45, 2.75) is 207 Å². The molecule has 0 aliphatic heterocycles. The van der Waals surface area contributed by atoms with Gasteiger partial charge in [0.25, 0.3) is 0 Å². The van der Waals surface area contributed by atoms with Crippen molar-refractivity contribution in [1.82, 2.24) is 9.97 Å². The second-order valence-electron chi connectivity index (χ2n) is 25.7. The number of carbonyl (C=O) groups excluding carboxylic acids is 2. The van der Waals surface area contributed by atoms with Crippen LogP contribution in [-0.2, 0) is 51.6 Å². The third-order valence-corrected chi connectivity index (χ3v) is 19.6. The summed E-state index contributed by atoms with van der Waals surface area (Å²) in [7, 11) is -0.565. The number of hydrogen-bond acceptors (Lipinski definition) is 8. The van der Waals surface area contributed by atoms with Crippen molar-refractivity contribution in [1.29, 1.82) is 0 Å². The average molecular weight is 1160 g/mol. The van der Waals surface area contributed by atoms with Crippen LogP contribution in [0.5, 0.6) is 0 Å². The number of benzene rings is 4. The lowest BCUT2D eigenvalue weighted by molar-refractivity contribution is -0.140. The largest absolute Gasteiger partial charge is 0.469 e. The van der Waals surface area contributed by atoms with E-state index in [4.69, 9.17) is 18.3 Å². The minimum atomic E-state index is -1.69. The van der Waals surface area contributed by atoms with Gasteiger partial charge in [-0.1, -0.05) is 112 Å². The molecule has 4 aromatic carbocycles. The van der Waals surface area contributed by atoms with Crippen molar-refractivity contribution in [3.63, 3.8) is 0 Å². The van der Waals surface area contributed by atoms with E-state index in [1.165, 1.54) is 84.4 Å². The highest BCUT2D eigenvalue weighted by atomic mass is 28.4. The first kappa shape index (κ1) is 65.1. The maximum atomic E-state index is 11.8. The van der Waals surface area contributed by atoms with E-state index in [0.717, 1.165) is 95.9 Å². The average Bonchev–Trinajstić information content (AvgIpc) is 4.25. The van der Waals surface area contributed by atoms with E-state index < -0.39 is 16.6 Å². The molecular formula is C74H94N2O6Si2. The Hall–Kier alpha value is -6.41. The molecule has 2 aromatic heterocycles. The fraction of sp³-hybridized carbons (Fsp3) is 0.459. The number of pyridine rings is 2. The number of aryl methyl sites for hydroxylation is 4. The van der Waals surface area contributed by atoms with Gasteiger partial charge in [-0.15, -0.1) is 0 Å². The normalized spacial score (nSPS) is 14.8. The molecule has 0 saturated heterocycles. The van der Waals surface area contributed by atoms with Crippen LogP contribution < -0.4 is 0 Å². The van der Waals surface area contributed by atoms with Crippen molar-refractivity contribution < 1.29 is 27.9 Å². The van der Waals surface area contributed by atoms with Crippen LogP contribution in [0.25, 0.3) is 22.3 Å². The fourth-order valence-electron chi connectivity index (χ4n) is 13.1. The first-order valence-corrected chi connectivity index (χ1v) is 37.6. The number of ether oxygens (including phenoxy) is 2. The van der Waals surface area contributed by atoms with Gasteiger partial charge < -0.3 is 18.3 Å². The predicted octanol–water partition coefficient (Wildman–Crippen LogP) is 17.4. The van der Waals surface area contributed by atoms with Gasteiger partial charge in [0.05, 0.1) is 27.1 Å². The van der Waals surface area contributed by atoms with Gasteiger partial charge in [0.1, 0.15) is 11.2 Å². The van der Waals surface area contributed by atoms with Crippen LogP contribution in [0.3, 0.4) is 0 Å². The first-order valence-electron chi connectivity index (χ1n) is 30.8. The Kier molecular flexibility index (Phi) is 21.5. The molecule has 444 valence electrons. The summed E-state index contributed by atoms with van der Waals surface area (Å²) in [6.45, 7) is 31.4. The van der Waals surface area contributed by atoms with Gasteiger partial charge >= 0.3 is 11.9 Å². The van der Waals surface area contributed by atoms with E-state index in [-0.39, 0.29) is 46.8 Å². The molecule has 0 radical (unpaired) electrons. The van der Waals surface area contributed by atoms with Crippen molar-refractivity contribution in [3.05, 3.63) is 176 Å². The molecule has 10 heteroatoms. The van der Waals surface area contributed by atoms with E-state index in [9.17, 15) is 9.59 Å². The fourth-order valence-corrected chi connectivity index (χ4v) is 16.0. The first-order chi connectivity index (χ1) is 39.9. The summed E-state index contributed by atoms with van der Waals surface area (Å²) in [4.78, 5) is 32.4. The molecule has 0 bridgehead atoms. The topological polar surface area (TPSA) is 96.8 Å². The van der Waals surface area contributed by atoms with Crippen LogP contribution in [0.1, 0.15) is 172 Å². The van der Waals surface area contributed by atoms with Gasteiger partial charge in [-0.2, -0.15) is 0 Å². The number of esters is 2. The number of aromatic nitrogens is 2. The van der Waals surface area contributed by atoms with Crippen molar-refractivity contribution in [2.75, 3.05) is 14.2 Å². The van der Waals surface area contributed by atoms with Gasteiger partial charge in [0.15, 0.2) is 16.6 Å². The van der Waals surface area contributed by atoms with E-state index in [2.05, 4.69) is 201 Å². The molecule has 0 amide bonds. The second-order valence-corrected chi connectivity index (χ2v) is 34.6. The molecule has 8 nitrogen and oxygen atoms in total. The number of carbonyl (C=O) groups is 2. The van der Waals surface area contributed by atoms with E-state index in [0.29, 0.717) is 0 Å². The molecule has 2 aliphatic carbocycles. The molecule has 2 saturated carbocycles. The Morgan fingerprint density at radius 3 is 1.08 bits per heavy atom. The van der Waals surface area contributed by atoms with Crippen LogP contribution in [0.15, 0.2) is 110 Å². The summed E-state index contributed by atoms with van der Waals surface area (Å²) < 4.78 is 23.0. The maximum Gasteiger partial charge on any atom is 0.310 e. The van der Waals surface area contributed by atoms with Crippen LogP contribution >= 0.6 is 0 Å². The predicted molar refractivity (Wildman–Crippen MR) is 350 cm³/mol. The highest BCUT2D eigenvalue weighted by Crippen LogP contribution is 2.44. The van der Waals surface area contributed by atoms with Crippen molar-refractivity contribution in [2.24, 2.45) is 0 Å². The van der Waals surface area contributed by atoms with Gasteiger partial charge in [-0.25, -0.2) is 0 Å². The lowest BCUT2D eigenvalue weighted by Crippen LogP contribution is -2.39. The molecule has 2 fully saturated rings. The van der Waals surface area contributed by atoms with E-state index in [1.54, 1.807) is 12.4 Å². The Balaban J connectivity index is 0.000000241. The molecule has 2 heterocycles. The highest BCUT2D eigenvalue weighted by Gasteiger charge is 2.39. The Morgan fingerprint density at radius 1 is 0.476 bits per heavy atom. The third kappa shape index (κ3) is 15.7. The summed E-state index contributed by atoms with van der Waals surface area (Å²) in [6.07, 6.45) is 20.5. The van der Waals surface area contributed by atoms with Gasteiger partial charge in [0, 0.05) is 57.9 Å². The number of methoxy groups -OCH3 is 2. The SMILES string of the molecule is CCC(CC)(c1ccc(C#CC2(O[Si](C)(C)C)CCCC2)c(C)c1)c1ccc(-c2cncc(CC(=O)OC)c2)c(C)c1.CCC(CC)(c1ccc(C#CC2(O[Si](C)(C)C)CCCC2)c(C)c1)c1ccc(-c2cncc(CC(=O)OC)c2)c(C)c1. The monoisotopic (exact) mass is 1160 g/mol. The molecule has 0 unspecified atom stereocenters. The Morgan fingerprint density at radius 2 is 0.798 bits per heavy atom. The minimum Gasteiger partial charge on any atom is -0.469 e. The van der Waals surface area contributed by atoms with Crippen LogP contribution in [0.2, 0.25) is 39.3 Å². The zero-order chi connectivity index (χ0) is 61.1. The van der Waals surface area contributed by atoms with Crippen molar-refractivity contribution >= 4 is 28.6 Å². The number of rotatable bonds is 18. The highest BCUT2D eigenvalue weighted by molar-refractivity contribution is 6.70. The van der Waals surface area contributed by atoms with Crippen LogP contribution in [0.4, 0.5) is 0 Å². The van der Waals surface area contributed by atoms with Gasteiger partial charge in [0.2, 0.25) is 0 Å². The van der Waals surface area contributed by atoms with Gasteiger partial charge in [-0.05, 0) is 235 Å². The molecule has 8 rings (SSSR count). The molecular weight excluding hydrogens is 1070 g/mol. The standard InChI is InChI=1S/2C37H47NO3Si/c2*1-9-37(10-2,33-15-16-34(28(4)22-33)31-23-29(25-38-26-31)24-35(39)40-5)32-14-13-30(27(3)21-32)17-20-36(18-11-12-19-36)41-42(6,7)8/h2*13-16,21-23,25-26H,9-12,18-19,24H2,1-8H3. The quantitative estimate of drug-likeness (QED) is 0.0477. The van der Waals surface area contributed by atoms with Gasteiger partial charge in [-0.3, -0.25) is 19.6 Å². The smallest absolute Gasteiger partial charge is 0.310 e. The van der Waals surface area contributed by atoms with Crippen LogP contribution in [-0.4, -0.2) is 64.0 Å². The second kappa shape index (κ2) is 27.7. The molecule has 84 heavy (non-hydrogen) atoms. The minimum absolute atomic E-state index is 0.0986. The summed E-state index contributed by atoms with van der Waals surface area (Å²) in [5.74, 6) is 13.8. The summed E-state index contributed by atoms with van der Waals surface area (Å²) in [6, 6.07) is 31.4. The molecule has 2 aliphatic rings. The lowest BCUT2D eigenvalue weighted by atomic mass is 9.69. The Labute approximate surface area is 507 Å². The third-order valence-electron chi connectivity index (χ3n) is 17.6. The summed E-state index contributed by atoms with van der Waals surface area (Å²) >= 11 is 0. The summed E-state index contributed by atoms with van der Waals surface area (Å²) in [5.41, 5.74) is 17.5. The van der Waals surface area contributed by atoms with Crippen molar-refractivity contribution in [3.8, 4) is 45.9 Å². The zero-order valence-corrected chi connectivity index (χ0v) is 55.6. The number of nitrogens with zero attached hydrogens (tertiary/aromatic N) is 2. The number of hydrogen-bond donors (Lipinski definition) is 0. The maximum absolute atomic E-state index is 11.8. The lowest BCUT2D eigenvalue weighted by Gasteiger charge is -2.34. The van der Waals surface area contributed by atoms with Crippen LogP contribution in [0, 0.1) is 51.4 Å². The molecule has 0 N–H and O–H groups in total. The van der Waals surface area contributed by atoms with E-state index in [1.807, 2.05) is 24.5 Å². The summed E-state index contributed by atoms with van der Waals surface area (Å²) in [5, 5.41) is 0. The molecule has 0 spiro atoms. The Bertz CT molecular complexity index is 3190. The van der Waals surface area contributed by atoms with E-state index >= 15 is 0 Å².